The van der Waals surface area contributed by atoms with Gasteiger partial charge < -0.3 is 4.74 Å². The lowest BCUT2D eigenvalue weighted by atomic mass is 9.48. The fourth-order valence-corrected chi connectivity index (χ4v) is 8.48. The Morgan fingerprint density at radius 1 is 1.06 bits per heavy atom. The van der Waals surface area contributed by atoms with Gasteiger partial charge in [-0.15, -0.1) is 0 Å². The van der Waals surface area contributed by atoms with Crippen LogP contribution in [0.2, 0.25) is 5.02 Å². The van der Waals surface area contributed by atoms with Crippen LogP contribution in [-0.2, 0) is 10.2 Å². The number of benzene rings is 2. The topological polar surface area (TPSA) is 29.5 Å². The first-order chi connectivity index (χ1) is 15.9. The number of thiocarbonyl (C=S) groups is 1. The Balaban J connectivity index is 1.35. The lowest BCUT2D eigenvalue weighted by Gasteiger charge is -2.57. The van der Waals surface area contributed by atoms with Crippen molar-refractivity contribution in [1.82, 2.24) is 0 Å². The highest BCUT2D eigenvalue weighted by atomic mass is 35.5. The van der Waals surface area contributed by atoms with Gasteiger partial charge in [-0.05, 0) is 110 Å². The van der Waals surface area contributed by atoms with Crippen LogP contribution in [0.1, 0.15) is 49.7 Å². The average Bonchev–Trinajstić information content (AvgIpc) is 3.06. The SMILES string of the molecule is COc1ccc(C23CC4CC(CC(C4)C2)C3)cc1/C=C1\SC(=S)N(c2ccc(Cl)cc2)C1=O. The minimum absolute atomic E-state index is 0.102. The summed E-state index contributed by atoms with van der Waals surface area (Å²) in [5.41, 5.74) is 3.41. The molecule has 2 aromatic rings. The number of carbonyl (C=O) groups is 1. The second kappa shape index (κ2) is 8.14. The third kappa shape index (κ3) is 3.73. The molecule has 33 heavy (non-hydrogen) atoms. The van der Waals surface area contributed by atoms with Gasteiger partial charge in [0, 0.05) is 10.6 Å². The Hall–Kier alpha value is -1.82. The van der Waals surface area contributed by atoms with Gasteiger partial charge in [0.1, 0.15) is 5.75 Å². The van der Waals surface area contributed by atoms with Crippen LogP contribution in [0.3, 0.4) is 0 Å². The van der Waals surface area contributed by atoms with Crippen LogP contribution in [-0.4, -0.2) is 17.3 Å². The molecule has 0 unspecified atom stereocenters. The van der Waals surface area contributed by atoms with E-state index in [2.05, 4.69) is 18.2 Å². The minimum atomic E-state index is -0.102. The Morgan fingerprint density at radius 2 is 1.70 bits per heavy atom. The molecule has 0 atom stereocenters. The number of nitrogens with zero attached hydrogens (tertiary/aromatic N) is 1. The predicted octanol–water partition coefficient (Wildman–Crippen LogP) is 7.22. The molecule has 3 nitrogen and oxygen atoms in total. The first-order valence-corrected chi connectivity index (χ1v) is 13.3. The molecule has 2 aromatic carbocycles. The highest BCUT2D eigenvalue weighted by molar-refractivity contribution is 8.27. The van der Waals surface area contributed by atoms with Crippen LogP contribution in [0.4, 0.5) is 5.69 Å². The van der Waals surface area contributed by atoms with E-state index in [0.29, 0.717) is 19.7 Å². The van der Waals surface area contributed by atoms with Crippen LogP contribution < -0.4 is 9.64 Å². The largest absolute Gasteiger partial charge is 0.496 e. The Kier molecular flexibility index (Phi) is 5.35. The van der Waals surface area contributed by atoms with Crippen molar-refractivity contribution < 1.29 is 9.53 Å². The first kappa shape index (κ1) is 21.7. The number of rotatable bonds is 4. The van der Waals surface area contributed by atoms with Crippen molar-refractivity contribution in [3.05, 3.63) is 63.5 Å². The maximum Gasteiger partial charge on any atom is 0.270 e. The van der Waals surface area contributed by atoms with Crippen LogP contribution in [0.25, 0.3) is 6.08 Å². The Labute approximate surface area is 209 Å². The van der Waals surface area contributed by atoms with Crippen molar-refractivity contribution in [2.45, 2.75) is 43.9 Å². The van der Waals surface area contributed by atoms with E-state index in [1.165, 1.54) is 55.9 Å². The summed E-state index contributed by atoms with van der Waals surface area (Å²) in [4.78, 5) is 15.5. The monoisotopic (exact) mass is 495 g/mol. The van der Waals surface area contributed by atoms with E-state index in [9.17, 15) is 4.79 Å². The van der Waals surface area contributed by atoms with Gasteiger partial charge >= 0.3 is 0 Å². The zero-order valence-corrected chi connectivity index (χ0v) is 20.9. The van der Waals surface area contributed by atoms with E-state index < -0.39 is 0 Å². The van der Waals surface area contributed by atoms with Gasteiger partial charge in [0.05, 0.1) is 17.7 Å². The van der Waals surface area contributed by atoms with Crippen LogP contribution in [0, 0.1) is 17.8 Å². The summed E-state index contributed by atoms with van der Waals surface area (Å²) < 4.78 is 6.22. The normalized spacial score (nSPS) is 31.6. The third-order valence-electron chi connectivity index (χ3n) is 8.05. The lowest BCUT2D eigenvalue weighted by Crippen LogP contribution is -2.48. The summed E-state index contributed by atoms with van der Waals surface area (Å²) in [5, 5.41) is 0.631. The molecule has 0 aromatic heterocycles. The number of methoxy groups -OCH3 is 1. The molecule has 4 bridgehead atoms. The van der Waals surface area contributed by atoms with Crippen LogP contribution >= 0.6 is 35.6 Å². The van der Waals surface area contributed by atoms with E-state index >= 15 is 0 Å². The Morgan fingerprint density at radius 3 is 2.30 bits per heavy atom. The van der Waals surface area contributed by atoms with Crippen molar-refractivity contribution in [2.24, 2.45) is 17.8 Å². The number of halogens is 1. The number of thioether (sulfide) groups is 1. The highest BCUT2D eigenvalue weighted by Gasteiger charge is 2.51. The van der Waals surface area contributed by atoms with Crippen molar-refractivity contribution in [3.63, 3.8) is 0 Å². The molecule has 4 saturated carbocycles. The molecular weight excluding hydrogens is 470 g/mol. The summed E-state index contributed by atoms with van der Waals surface area (Å²) in [6.45, 7) is 0. The molecule has 5 aliphatic rings. The van der Waals surface area contributed by atoms with E-state index in [1.807, 2.05) is 18.2 Å². The lowest BCUT2D eigenvalue weighted by molar-refractivity contribution is -0.113. The molecule has 6 heteroatoms. The molecule has 1 amide bonds. The summed E-state index contributed by atoms with van der Waals surface area (Å²) in [5.74, 6) is 3.35. The van der Waals surface area contributed by atoms with Gasteiger partial charge in [0.2, 0.25) is 0 Å². The van der Waals surface area contributed by atoms with E-state index in [4.69, 9.17) is 28.6 Å². The number of carbonyl (C=O) groups excluding carboxylic acids is 1. The van der Waals surface area contributed by atoms with Gasteiger partial charge in [-0.25, -0.2) is 0 Å². The molecule has 7 rings (SSSR count). The van der Waals surface area contributed by atoms with Crippen LogP contribution in [0.5, 0.6) is 5.75 Å². The molecule has 1 aliphatic heterocycles. The summed E-state index contributed by atoms with van der Waals surface area (Å²) >= 11 is 12.9. The summed E-state index contributed by atoms with van der Waals surface area (Å²) in [6, 6.07) is 13.8. The average molecular weight is 496 g/mol. The predicted molar refractivity (Wildman–Crippen MR) is 140 cm³/mol. The number of ether oxygens (including phenoxy) is 1. The molecule has 1 saturated heterocycles. The molecule has 4 aliphatic carbocycles. The van der Waals surface area contributed by atoms with E-state index in [0.717, 1.165) is 34.8 Å². The quantitative estimate of drug-likeness (QED) is 0.330. The highest BCUT2D eigenvalue weighted by Crippen LogP contribution is 2.61. The first-order valence-electron chi connectivity index (χ1n) is 11.7. The fourth-order valence-electron chi connectivity index (χ4n) is 7.06. The minimum Gasteiger partial charge on any atom is -0.496 e. The van der Waals surface area contributed by atoms with Gasteiger partial charge in [-0.3, -0.25) is 9.69 Å². The zero-order valence-electron chi connectivity index (χ0n) is 18.6. The van der Waals surface area contributed by atoms with Crippen molar-refractivity contribution in [1.29, 1.82) is 0 Å². The Bertz CT molecular complexity index is 1140. The standard InChI is InChI=1S/C27H26ClNO2S2/c1-31-23-7-2-20(27-13-16-8-17(14-27)10-18(9-16)15-27)11-19(23)12-24-25(30)29(26(32)33-24)22-5-3-21(28)4-6-22/h2-7,11-12,16-18H,8-10,13-15H2,1H3/b24-12-. The van der Waals surface area contributed by atoms with E-state index in [-0.39, 0.29) is 5.91 Å². The molecule has 0 radical (unpaired) electrons. The van der Waals surface area contributed by atoms with Gasteiger partial charge in [0.15, 0.2) is 4.32 Å². The van der Waals surface area contributed by atoms with E-state index in [1.54, 1.807) is 24.1 Å². The summed E-state index contributed by atoms with van der Waals surface area (Å²) in [6.07, 6.45) is 10.2. The maximum absolute atomic E-state index is 13.3. The molecule has 1 heterocycles. The van der Waals surface area contributed by atoms with Crippen LogP contribution in [0.15, 0.2) is 47.4 Å². The number of hydrogen-bond acceptors (Lipinski definition) is 4. The number of amides is 1. The third-order valence-corrected chi connectivity index (χ3v) is 9.60. The van der Waals surface area contributed by atoms with Crippen molar-refractivity contribution >= 4 is 57.6 Å². The maximum atomic E-state index is 13.3. The summed E-state index contributed by atoms with van der Waals surface area (Å²) in [7, 11) is 1.69. The van der Waals surface area contributed by atoms with Crippen molar-refractivity contribution in [3.8, 4) is 5.75 Å². The van der Waals surface area contributed by atoms with Gasteiger partial charge in [-0.1, -0.05) is 41.6 Å². The molecule has 170 valence electrons. The molecule has 5 fully saturated rings. The molecule has 0 N–H and O–H groups in total. The molecule has 0 spiro atoms. The van der Waals surface area contributed by atoms with Crippen molar-refractivity contribution in [2.75, 3.05) is 12.0 Å². The fraction of sp³-hybridized carbons (Fsp3) is 0.407. The second-order valence-electron chi connectivity index (χ2n) is 10.1. The second-order valence-corrected chi connectivity index (χ2v) is 12.3. The molecular formula is C27H26ClNO2S2. The number of anilines is 1. The zero-order chi connectivity index (χ0) is 22.7. The van der Waals surface area contributed by atoms with Gasteiger partial charge in [-0.2, -0.15) is 0 Å². The number of hydrogen-bond donors (Lipinski definition) is 0. The van der Waals surface area contributed by atoms with Gasteiger partial charge in [0.25, 0.3) is 5.91 Å². The smallest absolute Gasteiger partial charge is 0.270 e.